The number of benzene rings is 2. The summed E-state index contributed by atoms with van der Waals surface area (Å²) in [7, 11) is -3.37. The molecule has 0 unspecified atom stereocenters. The molecular weight excluding hydrogens is 543 g/mol. The minimum atomic E-state index is -3.37. The van der Waals surface area contributed by atoms with Crippen molar-refractivity contribution in [2.24, 2.45) is 5.92 Å². The highest BCUT2D eigenvalue weighted by Gasteiger charge is 2.28. The van der Waals surface area contributed by atoms with Crippen molar-refractivity contribution >= 4 is 55.8 Å². The second-order valence-corrected chi connectivity index (χ2v) is 11.7. The summed E-state index contributed by atoms with van der Waals surface area (Å²) in [5, 5.41) is 5.95. The SMILES string of the molecule is CS(=O)(=O)Nc1ccc(-c2ccnc(Nc3ccc(N(CC(=O)SCF)C(=O)C4CCNCC4)cc3)n2)cc1. The molecule has 1 saturated heterocycles. The van der Waals surface area contributed by atoms with E-state index in [2.05, 4.69) is 25.3 Å². The average Bonchev–Trinajstić information content (AvgIpc) is 2.92. The number of amides is 1. The van der Waals surface area contributed by atoms with Gasteiger partial charge in [-0.05, 0) is 68.4 Å². The molecule has 39 heavy (non-hydrogen) atoms. The molecule has 0 atom stereocenters. The number of hydrogen-bond acceptors (Lipinski definition) is 9. The van der Waals surface area contributed by atoms with Crippen LogP contribution in [0.5, 0.6) is 0 Å². The average molecular weight is 573 g/mol. The van der Waals surface area contributed by atoms with Gasteiger partial charge in [-0.15, -0.1) is 0 Å². The Morgan fingerprint density at radius 2 is 1.72 bits per heavy atom. The van der Waals surface area contributed by atoms with Crippen molar-refractivity contribution in [1.29, 1.82) is 0 Å². The number of nitrogens with one attached hydrogen (secondary N) is 3. The fourth-order valence-electron chi connectivity index (χ4n) is 4.18. The van der Waals surface area contributed by atoms with Gasteiger partial charge in [-0.1, -0.05) is 23.9 Å². The highest BCUT2D eigenvalue weighted by atomic mass is 32.2. The monoisotopic (exact) mass is 572 g/mol. The van der Waals surface area contributed by atoms with Crippen LogP contribution in [0, 0.1) is 5.92 Å². The quantitative estimate of drug-likeness (QED) is 0.332. The predicted molar refractivity (Wildman–Crippen MR) is 152 cm³/mol. The first-order valence-corrected chi connectivity index (χ1v) is 15.1. The highest BCUT2D eigenvalue weighted by molar-refractivity contribution is 8.13. The molecule has 206 valence electrons. The lowest BCUT2D eigenvalue weighted by atomic mass is 9.96. The summed E-state index contributed by atoms with van der Waals surface area (Å²) < 4.78 is 38.0. The van der Waals surface area contributed by atoms with Crippen LogP contribution in [0.4, 0.5) is 27.4 Å². The second kappa shape index (κ2) is 13.0. The molecular formula is C26H29FN6O4S2. The maximum atomic E-state index is 13.2. The minimum Gasteiger partial charge on any atom is -0.324 e. The van der Waals surface area contributed by atoms with Gasteiger partial charge in [0.25, 0.3) is 0 Å². The maximum absolute atomic E-state index is 13.2. The number of piperidine rings is 1. The van der Waals surface area contributed by atoms with Crippen molar-refractivity contribution in [3.8, 4) is 11.3 Å². The van der Waals surface area contributed by atoms with E-state index in [1.807, 2.05) is 0 Å². The molecule has 1 aliphatic rings. The summed E-state index contributed by atoms with van der Waals surface area (Å²) in [6.45, 7) is 1.27. The van der Waals surface area contributed by atoms with E-state index in [4.69, 9.17) is 0 Å². The summed E-state index contributed by atoms with van der Waals surface area (Å²) in [5.41, 5.74) is 3.08. The van der Waals surface area contributed by atoms with Crippen LogP contribution in [0.1, 0.15) is 12.8 Å². The van der Waals surface area contributed by atoms with Crippen LogP contribution in [-0.2, 0) is 19.6 Å². The third-order valence-corrected chi connectivity index (χ3v) is 7.20. The minimum absolute atomic E-state index is 0.140. The van der Waals surface area contributed by atoms with E-state index in [1.54, 1.807) is 60.8 Å². The Bertz CT molecular complexity index is 1400. The van der Waals surface area contributed by atoms with Crippen LogP contribution in [-0.4, -0.2) is 61.3 Å². The Labute approximate surface area is 230 Å². The molecule has 4 rings (SSSR count). The van der Waals surface area contributed by atoms with E-state index in [0.29, 0.717) is 53.3 Å². The van der Waals surface area contributed by atoms with Crippen LogP contribution >= 0.6 is 11.8 Å². The zero-order valence-corrected chi connectivity index (χ0v) is 22.9. The number of carbonyl (C=O) groups excluding carboxylic acids is 2. The summed E-state index contributed by atoms with van der Waals surface area (Å²) in [6.07, 6.45) is 4.06. The molecule has 3 aromatic rings. The maximum Gasteiger partial charge on any atom is 0.230 e. The van der Waals surface area contributed by atoms with Gasteiger partial charge in [-0.25, -0.2) is 22.8 Å². The lowest BCUT2D eigenvalue weighted by Gasteiger charge is -2.29. The molecule has 0 radical (unpaired) electrons. The molecule has 0 saturated carbocycles. The van der Waals surface area contributed by atoms with Gasteiger partial charge in [0.2, 0.25) is 27.0 Å². The lowest BCUT2D eigenvalue weighted by Crippen LogP contribution is -2.43. The molecule has 1 aromatic heterocycles. The van der Waals surface area contributed by atoms with Crippen LogP contribution < -0.4 is 20.3 Å². The normalized spacial score (nSPS) is 14.0. The zero-order chi connectivity index (χ0) is 27.8. The smallest absolute Gasteiger partial charge is 0.230 e. The third-order valence-electron chi connectivity index (χ3n) is 6.03. The Kier molecular flexibility index (Phi) is 9.49. The zero-order valence-electron chi connectivity index (χ0n) is 21.3. The van der Waals surface area contributed by atoms with Gasteiger partial charge in [0.05, 0.1) is 18.5 Å². The van der Waals surface area contributed by atoms with Gasteiger partial charge < -0.3 is 15.5 Å². The molecule has 3 N–H and O–H groups in total. The Balaban J connectivity index is 1.48. The van der Waals surface area contributed by atoms with Gasteiger partial charge in [0.1, 0.15) is 6.01 Å². The Morgan fingerprint density at radius 1 is 1.05 bits per heavy atom. The van der Waals surface area contributed by atoms with Crippen molar-refractivity contribution in [2.45, 2.75) is 12.8 Å². The van der Waals surface area contributed by atoms with Crippen molar-refractivity contribution < 1.29 is 22.4 Å². The van der Waals surface area contributed by atoms with E-state index in [1.165, 1.54) is 4.90 Å². The number of nitrogens with zero attached hydrogens (tertiary/aromatic N) is 3. The van der Waals surface area contributed by atoms with Gasteiger partial charge in [-0.2, -0.15) is 0 Å². The topological polar surface area (TPSA) is 133 Å². The lowest BCUT2D eigenvalue weighted by molar-refractivity contribution is -0.124. The molecule has 2 aromatic carbocycles. The van der Waals surface area contributed by atoms with Gasteiger partial charge in [0.15, 0.2) is 0 Å². The number of rotatable bonds is 10. The fourth-order valence-corrected chi connectivity index (χ4v) is 5.08. The summed E-state index contributed by atoms with van der Waals surface area (Å²) >= 11 is 0.555. The molecule has 1 aliphatic heterocycles. The first kappa shape index (κ1) is 28.5. The van der Waals surface area contributed by atoms with Crippen LogP contribution in [0.25, 0.3) is 11.3 Å². The number of thioether (sulfide) groups is 1. The van der Waals surface area contributed by atoms with Crippen molar-refractivity contribution in [3.05, 3.63) is 60.8 Å². The second-order valence-electron chi connectivity index (χ2n) is 8.96. The largest absolute Gasteiger partial charge is 0.324 e. The number of anilines is 4. The standard InChI is InChI=1S/C26H29FN6O4S2/c1-39(36,37)32-21-4-2-18(3-5-21)23-12-15-29-26(31-23)30-20-6-8-22(9-7-20)33(16-24(34)38-17-27)25(35)19-10-13-28-14-11-19/h2-9,12,15,19,28,32H,10-11,13-14,16-17H2,1H3,(H,29,30,31). The van der Waals surface area contributed by atoms with Crippen LogP contribution in [0.3, 0.4) is 0 Å². The van der Waals surface area contributed by atoms with Crippen molar-refractivity contribution in [1.82, 2.24) is 15.3 Å². The number of hydrogen-bond donors (Lipinski definition) is 3. The molecule has 2 heterocycles. The van der Waals surface area contributed by atoms with Crippen molar-refractivity contribution in [3.63, 3.8) is 0 Å². The predicted octanol–water partition coefficient (Wildman–Crippen LogP) is 3.78. The number of halogens is 1. The Hall–Kier alpha value is -3.55. The molecule has 1 fully saturated rings. The summed E-state index contributed by atoms with van der Waals surface area (Å²) in [4.78, 5) is 35.7. The number of sulfonamides is 1. The van der Waals surface area contributed by atoms with E-state index in [-0.39, 0.29) is 18.4 Å². The fraction of sp³-hybridized carbons (Fsp3) is 0.308. The highest BCUT2D eigenvalue weighted by Crippen LogP contribution is 2.26. The van der Waals surface area contributed by atoms with Crippen LogP contribution in [0.15, 0.2) is 60.8 Å². The number of aromatic nitrogens is 2. The molecule has 1 amide bonds. The summed E-state index contributed by atoms with van der Waals surface area (Å²) in [5.74, 6) is 0.00847. The van der Waals surface area contributed by atoms with Gasteiger partial charge in [0, 0.05) is 34.7 Å². The molecule has 0 spiro atoms. The van der Waals surface area contributed by atoms with E-state index >= 15 is 0 Å². The molecule has 13 heteroatoms. The molecule has 0 aliphatic carbocycles. The van der Waals surface area contributed by atoms with Gasteiger partial charge in [-0.3, -0.25) is 14.3 Å². The number of alkyl halides is 1. The molecule has 0 bridgehead atoms. The van der Waals surface area contributed by atoms with E-state index in [0.717, 1.165) is 24.9 Å². The number of carbonyl (C=O) groups is 2. The molecule has 10 nitrogen and oxygen atoms in total. The first-order valence-electron chi connectivity index (χ1n) is 12.2. The summed E-state index contributed by atoms with van der Waals surface area (Å²) in [6, 6.07) is 14.7. The van der Waals surface area contributed by atoms with Crippen molar-refractivity contribution in [2.75, 3.05) is 46.8 Å². The van der Waals surface area contributed by atoms with E-state index < -0.39 is 21.1 Å². The third kappa shape index (κ3) is 8.22. The Morgan fingerprint density at radius 3 is 2.36 bits per heavy atom. The van der Waals surface area contributed by atoms with Gasteiger partial charge >= 0.3 is 0 Å². The first-order chi connectivity index (χ1) is 18.7. The van der Waals surface area contributed by atoms with E-state index in [9.17, 15) is 22.4 Å². The van der Waals surface area contributed by atoms with Crippen LogP contribution in [0.2, 0.25) is 0 Å².